The average Bonchev–Trinajstić information content (AvgIpc) is 2.98. The van der Waals surface area contributed by atoms with Gasteiger partial charge in [0.2, 0.25) is 0 Å². The van der Waals surface area contributed by atoms with Gasteiger partial charge in [0, 0.05) is 36.3 Å². The topological polar surface area (TPSA) is 52.7 Å². The van der Waals surface area contributed by atoms with Crippen molar-refractivity contribution in [3.63, 3.8) is 0 Å². The Morgan fingerprint density at radius 3 is 2.45 bits per heavy atom. The number of carbonyl (C=O) groups is 2. The third-order valence-electron chi connectivity index (χ3n) is 6.88. The smallest absolute Gasteiger partial charge is 0.265 e. The van der Waals surface area contributed by atoms with E-state index in [1.54, 1.807) is 0 Å². The van der Waals surface area contributed by atoms with Gasteiger partial charge in [-0.25, -0.2) is 0 Å². The molecule has 0 aromatic heterocycles. The summed E-state index contributed by atoms with van der Waals surface area (Å²) in [6, 6.07) is 33.9. The molecule has 1 N–H and O–H groups in total. The second-order valence-electron chi connectivity index (χ2n) is 9.95. The number of para-hydroxylation sites is 2. The van der Waals surface area contributed by atoms with E-state index in [0.717, 1.165) is 40.4 Å². The Bertz CT molecular complexity index is 1520. The molecule has 5 nitrogen and oxygen atoms in total. The lowest BCUT2D eigenvalue weighted by molar-refractivity contribution is -0.114. The molecular formula is C34H33N3O2S. The summed E-state index contributed by atoms with van der Waals surface area (Å²) in [4.78, 5) is 32.0. The maximum Gasteiger partial charge on any atom is 0.265 e. The van der Waals surface area contributed by atoms with Crippen LogP contribution in [-0.4, -0.2) is 32.0 Å². The van der Waals surface area contributed by atoms with Gasteiger partial charge in [0.05, 0.1) is 17.1 Å². The highest BCUT2D eigenvalue weighted by Gasteiger charge is 2.29. The van der Waals surface area contributed by atoms with Crippen LogP contribution in [0, 0.1) is 6.92 Å². The minimum absolute atomic E-state index is 0.0208. The van der Waals surface area contributed by atoms with Crippen molar-refractivity contribution in [2.45, 2.75) is 24.8 Å². The number of aryl methyl sites for hydroxylation is 1. The molecule has 0 spiro atoms. The number of carbonyl (C=O) groups excluding carboxylic acids is 2. The minimum atomic E-state index is -0.0945. The van der Waals surface area contributed by atoms with E-state index in [1.807, 2.05) is 77.7 Å². The van der Waals surface area contributed by atoms with Gasteiger partial charge in [-0.2, -0.15) is 0 Å². The molecule has 40 heavy (non-hydrogen) atoms. The van der Waals surface area contributed by atoms with Crippen molar-refractivity contribution < 1.29 is 9.59 Å². The predicted molar refractivity (Wildman–Crippen MR) is 166 cm³/mol. The van der Waals surface area contributed by atoms with Crippen molar-refractivity contribution in [1.29, 1.82) is 0 Å². The molecule has 4 aromatic carbocycles. The molecule has 6 heteroatoms. The quantitative estimate of drug-likeness (QED) is 0.182. The van der Waals surface area contributed by atoms with E-state index < -0.39 is 0 Å². The molecule has 0 fully saturated rings. The normalized spacial score (nSPS) is 13.7. The number of nitrogens with one attached hydrogen (secondary N) is 1. The van der Waals surface area contributed by atoms with Gasteiger partial charge >= 0.3 is 0 Å². The highest BCUT2D eigenvalue weighted by atomic mass is 32.2. The highest BCUT2D eigenvalue weighted by molar-refractivity contribution is 8.04. The van der Waals surface area contributed by atoms with E-state index in [2.05, 4.69) is 60.6 Å². The summed E-state index contributed by atoms with van der Waals surface area (Å²) < 4.78 is 0. The van der Waals surface area contributed by atoms with Crippen LogP contribution in [0.4, 0.5) is 11.4 Å². The number of hydrogen-bond donors (Lipinski definition) is 1. The van der Waals surface area contributed by atoms with Crippen molar-refractivity contribution in [2.75, 3.05) is 29.9 Å². The standard InChI is InChI=1S/C34H33N3O2S/c1-25-10-8-11-27(22-25)24-37-30-14-6-7-15-31(30)40-32(34(37)39)23-26-16-18-28(19-17-26)33(38)35-20-9-21-36(2)29-12-4-3-5-13-29/h3-8,10-19,22-23H,9,20-21,24H2,1-2H3,(H,35,38)/b32-23+. The maximum atomic E-state index is 13.6. The van der Waals surface area contributed by atoms with Gasteiger partial charge in [-0.1, -0.05) is 84.1 Å². The van der Waals surface area contributed by atoms with Crippen LogP contribution in [0.5, 0.6) is 0 Å². The fourth-order valence-corrected chi connectivity index (χ4v) is 5.78. The highest BCUT2D eigenvalue weighted by Crippen LogP contribution is 2.42. The first-order valence-electron chi connectivity index (χ1n) is 13.5. The van der Waals surface area contributed by atoms with Crippen LogP contribution in [0.25, 0.3) is 6.08 Å². The zero-order valence-electron chi connectivity index (χ0n) is 22.8. The Balaban J connectivity index is 1.22. The van der Waals surface area contributed by atoms with Gasteiger partial charge < -0.3 is 15.1 Å². The fraction of sp³-hybridized carbons (Fsp3) is 0.176. The summed E-state index contributed by atoms with van der Waals surface area (Å²) in [5.74, 6) is -0.115. The Hall–Kier alpha value is -4.29. The average molecular weight is 548 g/mol. The van der Waals surface area contributed by atoms with Crippen LogP contribution < -0.4 is 15.1 Å². The second kappa shape index (κ2) is 12.7. The predicted octanol–water partition coefficient (Wildman–Crippen LogP) is 6.93. The van der Waals surface area contributed by atoms with Crippen LogP contribution in [0.15, 0.2) is 113 Å². The van der Waals surface area contributed by atoms with E-state index in [0.29, 0.717) is 23.6 Å². The molecule has 0 saturated heterocycles. The van der Waals surface area contributed by atoms with Crippen molar-refractivity contribution >= 4 is 41.0 Å². The molecule has 0 bridgehead atoms. The first-order chi connectivity index (χ1) is 19.5. The lowest BCUT2D eigenvalue weighted by Gasteiger charge is -2.30. The second-order valence-corrected chi connectivity index (χ2v) is 11.0. The third-order valence-corrected chi connectivity index (χ3v) is 7.96. The summed E-state index contributed by atoms with van der Waals surface area (Å²) in [5.41, 5.74) is 5.84. The molecule has 202 valence electrons. The van der Waals surface area contributed by atoms with Gasteiger partial charge in [0.15, 0.2) is 0 Å². The SMILES string of the molecule is Cc1cccc(CN2C(=O)/C(=C\c3ccc(C(=O)NCCCN(C)c4ccccc4)cc3)Sc3ccccc32)c1. The van der Waals surface area contributed by atoms with Gasteiger partial charge in [-0.05, 0) is 66.9 Å². The number of thioether (sulfide) groups is 1. The number of amides is 2. The molecule has 4 aromatic rings. The van der Waals surface area contributed by atoms with Crippen LogP contribution in [0.2, 0.25) is 0 Å². The summed E-state index contributed by atoms with van der Waals surface area (Å²) in [7, 11) is 2.06. The van der Waals surface area contributed by atoms with Crippen molar-refractivity contribution in [2.24, 2.45) is 0 Å². The number of nitrogens with zero attached hydrogens (tertiary/aromatic N) is 2. The van der Waals surface area contributed by atoms with Crippen LogP contribution in [0.1, 0.15) is 33.5 Å². The van der Waals surface area contributed by atoms with Crippen molar-refractivity contribution in [3.8, 4) is 0 Å². The zero-order chi connectivity index (χ0) is 27.9. The van der Waals surface area contributed by atoms with Crippen LogP contribution in [0.3, 0.4) is 0 Å². The van der Waals surface area contributed by atoms with Crippen LogP contribution >= 0.6 is 11.8 Å². The summed E-state index contributed by atoms with van der Waals surface area (Å²) >= 11 is 1.49. The van der Waals surface area contributed by atoms with Gasteiger partial charge in [-0.15, -0.1) is 0 Å². The van der Waals surface area contributed by atoms with Crippen molar-refractivity contribution in [3.05, 3.63) is 130 Å². The molecule has 0 radical (unpaired) electrons. The first kappa shape index (κ1) is 27.3. The Morgan fingerprint density at radius 1 is 0.925 bits per heavy atom. The molecule has 1 aliphatic rings. The number of benzene rings is 4. The molecule has 0 saturated carbocycles. The fourth-order valence-electron chi connectivity index (χ4n) is 4.73. The van der Waals surface area contributed by atoms with Gasteiger partial charge in [-0.3, -0.25) is 9.59 Å². The number of rotatable bonds is 9. The molecule has 0 unspecified atom stereocenters. The molecule has 1 heterocycles. The van der Waals surface area contributed by atoms with E-state index in [1.165, 1.54) is 17.3 Å². The first-order valence-corrected chi connectivity index (χ1v) is 14.3. The Labute approximate surface area is 240 Å². The monoisotopic (exact) mass is 547 g/mol. The summed E-state index contributed by atoms with van der Waals surface area (Å²) in [6.45, 7) is 4.02. The van der Waals surface area contributed by atoms with E-state index in [9.17, 15) is 9.59 Å². The molecule has 5 rings (SSSR count). The molecule has 1 aliphatic heterocycles. The zero-order valence-corrected chi connectivity index (χ0v) is 23.7. The molecule has 0 aliphatic carbocycles. The minimum Gasteiger partial charge on any atom is -0.375 e. The molecule has 2 amide bonds. The number of anilines is 2. The summed E-state index contributed by atoms with van der Waals surface area (Å²) in [5, 5.41) is 3.01. The Kier molecular flexibility index (Phi) is 8.67. The van der Waals surface area contributed by atoms with Crippen LogP contribution in [-0.2, 0) is 11.3 Å². The van der Waals surface area contributed by atoms with E-state index >= 15 is 0 Å². The van der Waals surface area contributed by atoms with Gasteiger partial charge in [0.25, 0.3) is 11.8 Å². The lowest BCUT2D eigenvalue weighted by atomic mass is 10.1. The molecule has 0 atom stereocenters. The van der Waals surface area contributed by atoms with Crippen molar-refractivity contribution in [1.82, 2.24) is 5.32 Å². The summed E-state index contributed by atoms with van der Waals surface area (Å²) in [6.07, 6.45) is 2.76. The molecular weight excluding hydrogens is 514 g/mol. The number of hydrogen-bond acceptors (Lipinski definition) is 4. The van der Waals surface area contributed by atoms with Gasteiger partial charge in [0.1, 0.15) is 0 Å². The number of fused-ring (bicyclic) bond motifs is 1. The lowest BCUT2D eigenvalue weighted by Crippen LogP contribution is -2.33. The maximum absolute atomic E-state index is 13.6. The van der Waals surface area contributed by atoms with E-state index in [4.69, 9.17) is 0 Å². The van der Waals surface area contributed by atoms with E-state index in [-0.39, 0.29) is 11.8 Å². The Morgan fingerprint density at radius 2 is 1.68 bits per heavy atom. The largest absolute Gasteiger partial charge is 0.375 e. The third kappa shape index (κ3) is 6.64.